The summed E-state index contributed by atoms with van der Waals surface area (Å²) in [6, 6.07) is 53.0. The molecule has 0 spiro atoms. The number of hydrogen-bond donors (Lipinski definition) is 0. The maximum Gasteiger partial charge on any atom is 0.494 e. The van der Waals surface area contributed by atoms with Crippen LogP contribution in [-0.2, 0) is 24.0 Å². The van der Waals surface area contributed by atoms with Crippen LogP contribution in [0.1, 0.15) is 170 Å². The Labute approximate surface area is 445 Å². The number of unbranched alkanes of at least 4 members (excludes halogenated alkanes) is 10. The van der Waals surface area contributed by atoms with Gasteiger partial charge in [0.1, 0.15) is 0 Å². The molecule has 1 aliphatic carbocycles. The molecule has 0 bridgehead atoms. The van der Waals surface area contributed by atoms with E-state index in [1.54, 1.807) is 0 Å². The van der Waals surface area contributed by atoms with Gasteiger partial charge in [0, 0.05) is 22.5 Å². The standard InChI is InChI=1S/C67H81B2NO4/c1-11-13-15-17-19-25-43-67(44-26-20-18-16-14-12-2)61-46-49(60-45-48-27-21-22-28-55(48)56-29-23-24-30-57(56)60)31-41-58(61)59-42-40-54(47-62(59)67)70(52-36-32-50(33-37-52)68-71-63(3,4)64(5,6)72-68)53-38-34-51(35-39-53)69-73-65(7,8)66(9,10)74-69/h21-24,27-42,45-47H,11-20,25-26,43-44H2,1-10H3. The zero-order chi connectivity index (χ0) is 51.9. The van der Waals surface area contributed by atoms with Gasteiger partial charge in [-0.05, 0) is 183 Å². The fraction of sp³-hybridized carbons (Fsp3) is 0.433. The van der Waals surface area contributed by atoms with E-state index >= 15 is 0 Å². The van der Waals surface area contributed by atoms with Crippen molar-refractivity contribution in [2.75, 3.05) is 4.90 Å². The molecule has 74 heavy (non-hydrogen) atoms. The van der Waals surface area contributed by atoms with E-state index in [2.05, 4.69) is 214 Å². The average molecular weight is 986 g/mol. The number of hydrogen-bond acceptors (Lipinski definition) is 5. The monoisotopic (exact) mass is 986 g/mol. The van der Waals surface area contributed by atoms with Crippen molar-refractivity contribution in [3.05, 3.63) is 151 Å². The Morgan fingerprint density at radius 1 is 0.378 bits per heavy atom. The Morgan fingerprint density at radius 2 is 0.797 bits per heavy atom. The molecule has 7 aromatic carbocycles. The highest BCUT2D eigenvalue weighted by Gasteiger charge is 2.53. The molecule has 2 saturated heterocycles. The van der Waals surface area contributed by atoms with E-state index in [1.807, 2.05) is 0 Å². The van der Waals surface area contributed by atoms with E-state index in [1.165, 1.54) is 132 Å². The molecular formula is C67H81B2NO4. The molecule has 384 valence electrons. The first-order valence-corrected chi connectivity index (χ1v) is 28.5. The maximum atomic E-state index is 6.55. The summed E-state index contributed by atoms with van der Waals surface area (Å²) >= 11 is 0. The molecule has 0 saturated carbocycles. The van der Waals surface area contributed by atoms with Crippen LogP contribution in [0.2, 0.25) is 0 Å². The van der Waals surface area contributed by atoms with Crippen molar-refractivity contribution >= 4 is 63.8 Å². The van der Waals surface area contributed by atoms with Crippen LogP contribution in [0.4, 0.5) is 17.1 Å². The zero-order valence-corrected chi connectivity index (χ0v) is 46.4. The van der Waals surface area contributed by atoms with E-state index in [0.717, 1.165) is 40.8 Å². The fourth-order valence-electron chi connectivity index (χ4n) is 12.1. The highest BCUT2D eigenvalue weighted by atomic mass is 16.7. The van der Waals surface area contributed by atoms with Crippen molar-refractivity contribution in [2.24, 2.45) is 0 Å². The molecule has 5 nitrogen and oxygen atoms in total. The van der Waals surface area contributed by atoms with Crippen LogP contribution in [0.5, 0.6) is 0 Å². The molecule has 2 aliphatic heterocycles. The van der Waals surface area contributed by atoms with Gasteiger partial charge in [0.2, 0.25) is 0 Å². The lowest BCUT2D eigenvalue weighted by Crippen LogP contribution is -2.41. The van der Waals surface area contributed by atoms with E-state index in [0.29, 0.717) is 0 Å². The molecule has 2 fully saturated rings. The van der Waals surface area contributed by atoms with E-state index in [-0.39, 0.29) is 5.41 Å². The normalized spacial score (nSPS) is 17.8. The maximum absolute atomic E-state index is 6.55. The average Bonchev–Trinajstić information content (AvgIpc) is 3.90. The smallest absolute Gasteiger partial charge is 0.399 e. The van der Waals surface area contributed by atoms with Gasteiger partial charge < -0.3 is 23.5 Å². The number of fused-ring (bicyclic) bond motifs is 6. The number of nitrogens with zero attached hydrogens (tertiary/aromatic N) is 1. The molecule has 3 aliphatic rings. The molecule has 7 aromatic rings. The first-order chi connectivity index (χ1) is 35.6. The lowest BCUT2D eigenvalue weighted by molar-refractivity contribution is 0.00578. The Hall–Kier alpha value is -5.17. The Kier molecular flexibility index (Phi) is 14.9. The summed E-state index contributed by atoms with van der Waals surface area (Å²) in [6.45, 7) is 21.6. The summed E-state index contributed by atoms with van der Waals surface area (Å²) in [5.74, 6) is 0. The minimum atomic E-state index is -0.442. The van der Waals surface area contributed by atoms with Crippen LogP contribution >= 0.6 is 0 Å². The molecular weight excluding hydrogens is 904 g/mol. The summed E-state index contributed by atoms with van der Waals surface area (Å²) in [4.78, 5) is 2.44. The lowest BCUT2D eigenvalue weighted by atomic mass is 9.70. The second-order valence-electron chi connectivity index (χ2n) is 24.0. The predicted molar refractivity (Wildman–Crippen MR) is 315 cm³/mol. The van der Waals surface area contributed by atoms with Gasteiger partial charge >= 0.3 is 14.2 Å². The third kappa shape index (κ3) is 9.92. The third-order valence-electron chi connectivity index (χ3n) is 17.9. The molecule has 0 aromatic heterocycles. The highest BCUT2D eigenvalue weighted by molar-refractivity contribution is 6.62. The van der Waals surface area contributed by atoms with Crippen LogP contribution in [-0.4, -0.2) is 36.6 Å². The first-order valence-electron chi connectivity index (χ1n) is 28.5. The van der Waals surface area contributed by atoms with Gasteiger partial charge in [0.15, 0.2) is 0 Å². The van der Waals surface area contributed by atoms with Crippen LogP contribution in [0.15, 0.2) is 140 Å². The zero-order valence-electron chi connectivity index (χ0n) is 46.4. The summed E-state index contributed by atoms with van der Waals surface area (Å²) in [5, 5.41) is 5.22. The van der Waals surface area contributed by atoms with Crippen LogP contribution in [0.25, 0.3) is 43.8 Å². The number of rotatable bonds is 20. The fourth-order valence-corrected chi connectivity index (χ4v) is 12.1. The van der Waals surface area contributed by atoms with E-state index in [4.69, 9.17) is 18.6 Å². The molecule has 0 atom stereocenters. The van der Waals surface area contributed by atoms with Crippen molar-refractivity contribution < 1.29 is 18.6 Å². The first kappa shape index (κ1) is 52.3. The Morgan fingerprint density at radius 3 is 1.31 bits per heavy atom. The Bertz CT molecular complexity index is 2960. The lowest BCUT2D eigenvalue weighted by Gasteiger charge is -2.34. The highest BCUT2D eigenvalue weighted by Crippen LogP contribution is 2.57. The van der Waals surface area contributed by atoms with Crippen molar-refractivity contribution in [3.63, 3.8) is 0 Å². The van der Waals surface area contributed by atoms with Gasteiger partial charge in [-0.2, -0.15) is 0 Å². The van der Waals surface area contributed by atoms with Crippen molar-refractivity contribution in [3.8, 4) is 22.3 Å². The number of anilines is 3. The quantitative estimate of drug-likeness (QED) is 0.0432. The minimum Gasteiger partial charge on any atom is -0.399 e. The van der Waals surface area contributed by atoms with Gasteiger partial charge in [0.25, 0.3) is 0 Å². The largest absolute Gasteiger partial charge is 0.494 e. The summed E-state index contributed by atoms with van der Waals surface area (Å²) < 4.78 is 26.2. The summed E-state index contributed by atoms with van der Waals surface area (Å²) in [5.41, 5.74) is 11.8. The van der Waals surface area contributed by atoms with Gasteiger partial charge in [-0.3, -0.25) is 0 Å². The molecule has 0 amide bonds. The predicted octanol–water partition coefficient (Wildman–Crippen LogP) is 17.5. The van der Waals surface area contributed by atoms with E-state index < -0.39 is 36.6 Å². The van der Waals surface area contributed by atoms with Crippen LogP contribution in [0, 0.1) is 0 Å². The number of benzene rings is 7. The van der Waals surface area contributed by atoms with Crippen LogP contribution in [0.3, 0.4) is 0 Å². The SMILES string of the molecule is CCCCCCCCC1(CCCCCCCC)c2cc(-c3cc4ccccc4c4ccccc34)ccc2-c2ccc(N(c3ccc(B4OC(C)(C)C(C)(C)O4)cc3)c3ccc(B4OC(C)(C)C(C)(C)O4)cc3)cc21. The molecule has 2 heterocycles. The van der Waals surface area contributed by atoms with Crippen molar-refractivity contribution in [1.82, 2.24) is 0 Å². The van der Waals surface area contributed by atoms with E-state index in [9.17, 15) is 0 Å². The molecule has 0 N–H and O–H groups in total. The summed E-state index contributed by atoms with van der Waals surface area (Å²) in [6.07, 6.45) is 17.5. The van der Waals surface area contributed by atoms with Gasteiger partial charge in [0.05, 0.1) is 22.4 Å². The van der Waals surface area contributed by atoms with Crippen molar-refractivity contribution in [2.45, 2.75) is 187 Å². The second-order valence-corrected chi connectivity index (χ2v) is 24.0. The third-order valence-corrected chi connectivity index (χ3v) is 17.9. The minimum absolute atomic E-state index is 0.147. The molecule has 10 rings (SSSR count). The van der Waals surface area contributed by atoms with Gasteiger partial charge in [-0.15, -0.1) is 0 Å². The van der Waals surface area contributed by atoms with Gasteiger partial charge in [-0.1, -0.05) is 182 Å². The topological polar surface area (TPSA) is 40.2 Å². The van der Waals surface area contributed by atoms with Crippen molar-refractivity contribution in [1.29, 1.82) is 0 Å². The second kappa shape index (κ2) is 21.1. The summed E-state index contributed by atoms with van der Waals surface area (Å²) in [7, 11) is -0.885. The molecule has 7 heteroatoms. The van der Waals surface area contributed by atoms with Gasteiger partial charge in [-0.25, -0.2) is 0 Å². The molecule has 0 radical (unpaired) electrons. The van der Waals surface area contributed by atoms with Crippen LogP contribution < -0.4 is 15.8 Å². The molecule has 0 unspecified atom stereocenters. The Balaban J connectivity index is 1.10.